The van der Waals surface area contributed by atoms with Gasteiger partial charge in [-0.3, -0.25) is 0 Å². The van der Waals surface area contributed by atoms with Crippen molar-refractivity contribution in [2.75, 3.05) is 0 Å². The number of hydrogen-bond donors (Lipinski definition) is 0. The van der Waals surface area contributed by atoms with Crippen molar-refractivity contribution >= 4 is 10.5 Å². The summed E-state index contributed by atoms with van der Waals surface area (Å²) in [5, 5.41) is 0. The highest BCUT2D eigenvalue weighted by Gasteiger charge is 2.64. The molecule has 0 aliphatic carbocycles. The summed E-state index contributed by atoms with van der Waals surface area (Å²) in [5.41, 5.74) is 0.432. The predicted molar refractivity (Wildman–Crippen MR) is 85.9 cm³/mol. The molecule has 0 unspecified atom stereocenters. The third kappa shape index (κ3) is 2.43. The molecule has 0 aromatic carbocycles. The van der Waals surface area contributed by atoms with E-state index in [9.17, 15) is 0 Å². The van der Waals surface area contributed by atoms with E-state index in [-0.39, 0.29) is 27.3 Å². The Labute approximate surface area is 119 Å². The summed E-state index contributed by atoms with van der Waals surface area (Å²) in [6.45, 7) is 25.9. The maximum Gasteiger partial charge on any atom is 0.146 e. The average molecular weight is 273 g/mol. The van der Waals surface area contributed by atoms with Gasteiger partial charge in [0.05, 0.1) is 5.60 Å². The van der Waals surface area contributed by atoms with Gasteiger partial charge in [-0.25, -0.2) is 0 Å². The first-order valence-electron chi connectivity index (χ1n) is 7.11. The van der Waals surface area contributed by atoms with Gasteiger partial charge < -0.3 is 4.43 Å². The van der Waals surface area contributed by atoms with E-state index in [4.69, 9.17) is 4.43 Å². The van der Waals surface area contributed by atoms with Crippen LogP contribution in [0, 0.1) is 21.7 Å². The third-order valence-corrected chi connectivity index (χ3v) is 5.81. The summed E-state index contributed by atoms with van der Waals surface area (Å²) in [6.07, 6.45) is 0. The van der Waals surface area contributed by atoms with Crippen molar-refractivity contribution < 1.29 is 4.43 Å². The van der Waals surface area contributed by atoms with Crippen molar-refractivity contribution in [1.29, 1.82) is 0 Å². The van der Waals surface area contributed by atoms with E-state index in [2.05, 4.69) is 76.2 Å². The van der Waals surface area contributed by atoms with Crippen LogP contribution in [0.4, 0.5) is 0 Å². The second-order valence-corrected chi connectivity index (χ2v) is 9.62. The van der Waals surface area contributed by atoms with E-state index >= 15 is 0 Å². The molecule has 0 saturated carbocycles. The minimum absolute atomic E-state index is 0.0712. The third-order valence-electron chi connectivity index (χ3n) is 4.79. The lowest BCUT2D eigenvalue weighted by atomic mass is 9.39. The van der Waals surface area contributed by atoms with Crippen LogP contribution in [0.15, 0.2) is 0 Å². The minimum Gasteiger partial charge on any atom is -0.422 e. The molecule has 0 aliphatic rings. The summed E-state index contributed by atoms with van der Waals surface area (Å²) in [4.78, 5) is 0. The molecule has 0 amide bonds. The van der Waals surface area contributed by atoms with Gasteiger partial charge in [-0.15, -0.1) is 0 Å². The zero-order chi connectivity index (χ0) is 15.2. The van der Waals surface area contributed by atoms with Crippen LogP contribution >= 0.6 is 0 Å². The largest absolute Gasteiger partial charge is 0.422 e. The maximum absolute atomic E-state index is 6.12. The van der Waals surface area contributed by atoms with Crippen LogP contribution in [0.1, 0.15) is 76.2 Å². The van der Waals surface area contributed by atoms with E-state index in [0.717, 1.165) is 10.5 Å². The Bertz CT molecular complexity index is 248. The molecule has 0 radical (unpaired) electrons. The zero-order valence-corrected chi connectivity index (χ0v) is 16.9. The van der Waals surface area contributed by atoms with Gasteiger partial charge in [0.1, 0.15) is 10.5 Å². The monoisotopic (exact) mass is 272 g/mol. The SMILES string of the molecule is CC(C)(C)C(C(C)(C)C)(C(C)(C)C)C(C)(C)O[SiH3]. The van der Waals surface area contributed by atoms with Gasteiger partial charge in [0, 0.05) is 5.41 Å². The van der Waals surface area contributed by atoms with Crippen LogP contribution in [-0.2, 0) is 4.43 Å². The van der Waals surface area contributed by atoms with Gasteiger partial charge in [0.15, 0.2) is 0 Å². The van der Waals surface area contributed by atoms with Crippen LogP contribution in [0.5, 0.6) is 0 Å². The molecular formula is C16H36OSi. The first-order valence-corrected chi connectivity index (χ1v) is 7.93. The van der Waals surface area contributed by atoms with Crippen LogP contribution in [-0.4, -0.2) is 16.1 Å². The molecule has 110 valence electrons. The molecule has 0 bridgehead atoms. The van der Waals surface area contributed by atoms with Crippen LogP contribution in [0.2, 0.25) is 0 Å². The van der Waals surface area contributed by atoms with Crippen molar-refractivity contribution in [3.63, 3.8) is 0 Å². The Morgan fingerprint density at radius 3 is 0.833 bits per heavy atom. The molecule has 0 aliphatic heterocycles. The van der Waals surface area contributed by atoms with Crippen molar-refractivity contribution in [3.8, 4) is 0 Å². The van der Waals surface area contributed by atoms with E-state index in [1.807, 2.05) is 0 Å². The molecule has 0 aromatic rings. The lowest BCUT2D eigenvalue weighted by Gasteiger charge is -2.67. The van der Waals surface area contributed by atoms with E-state index < -0.39 is 0 Å². The zero-order valence-electron chi connectivity index (χ0n) is 14.9. The highest BCUT2D eigenvalue weighted by molar-refractivity contribution is 5.98. The second kappa shape index (κ2) is 4.62. The van der Waals surface area contributed by atoms with E-state index in [1.54, 1.807) is 0 Å². The standard InChI is InChI=1S/C16H36OSi/c1-12(2,3)16(13(4,5)6,14(7,8)9)15(10,11)17-18/h1-11,18H3. The fourth-order valence-electron chi connectivity index (χ4n) is 6.24. The molecule has 0 heterocycles. The fraction of sp³-hybridized carbons (Fsp3) is 1.00. The Kier molecular flexibility index (Phi) is 4.67. The molecule has 18 heavy (non-hydrogen) atoms. The Balaban J connectivity index is 6.47. The van der Waals surface area contributed by atoms with Gasteiger partial charge in [0.25, 0.3) is 0 Å². The van der Waals surface area contributed by atoms with Gasteiger partial charge >= 0.3 is 0 Å². The Hall–Kier alpha value is 0.177. The summed E-state index contributed by atoms with van der Waals surface area (Å²) in [6, 6.07) is 0. The summed E-state index contributed by atoms with van der Waals surface area (Å²) < 4.78 is 6.12. The van der Waals surface area contributed by atoms with E-state index in [0.29, 0.717) is 0 Å². The average Bonchev–Trinajstić information content (AvgIpc) is 1.94. The molecule has 2 heteroatoms. The smallest absolute Gasteiger partial charge is 0.146 e. The minimum atomic E-state index is -0.131. The van der Waals surface area contributed by atoms with Crippen LogP contribution in [0.3, 0.4) is 0 Å². The molecule has 1 nitrogen and oxygen atoms in total. The fourth-order valence-corrected chi connectivity index (χ4v) is 6.54. The van der Waals surface area contributed by atoms with E-state index in [1.165, 1.54) is 0 Å². The Morgan fingerprint density at radius 2 is 0.778 bits per heavy atom. The topological polar surface area (TPSA) is 9.23 Å². The first-order chi connectivity index (χ1) is 7.56. The van der Waals surface area contributed by atoms with Gasteiger partial charge in [-0.2, -0.15) is 0 Å². The molecule has 0 atom stereocenters. The predicted octanol–water partition coefficient (Wildman–Crippen LogP) is 4.19. The van der Waals surface area contributed by atoms with Crippen molar-refractivity contribution in [3.05, 3.63) is 0 Å². The molecule has 0 fully saturated rings. The first kappa shape index (κ1) is 18.2. The summed E-state index contributed by atoms with van der Waals surface area (Å²) in [7, 11) is 0.779. The highest BCUT2D eigenvalue weighted by Crippen LogP contribution is 2.67. The lowest BCUT2D eigenvalue weighted by molar-refractivity contribution is -0.225. The molecule has 0 N–H and O–H groups in total. The molecule has 0 rings (SSSR count). The second-order valence-electron chi connectivity index (χ2n) is 9.21. The van der Waals surface area contributed by atoms with Gasteiger partial charge in [-0.1, -0.05) is 62.3 Å². The van der Waals surface area contributed by atoms with Gasteiger partial charge in [-0.05, 0) is 30.1 Å². The van der Waals surface area contributed by atoms with Crippen LogP contribution < -0.4 is 0 Å². The quantitative estimate of drug-likeness (QED) is 0.685. The summed E-state index contributed by atoms with van der Waals surface area (Å²) in [5.74, 6) is 0. The van der Waals surface area contributed by atoms with Crippen molar-refractivity contribution in [2.45, 2.75) is 81.8 Å². The molecular weight excluding hydrogens is 236 g/mol. The van der Waals surface area contributed by atoms with Crippen molar-refractivity contribution in [2.24, 2.45) is 21.7 Å². The maximum atomic E-state index is 6.12. The number of rotatable bonds is 2. The normalized spacial score (nSPS) is 16.2. The number of hydrogen-bond acceptors (Lipinski definition) is 1. The lowest BCUT2D eigenvalue weighted by Crippen LogP contribution is -2.66. The highest BCUT2D eigenvalue weighted by atomic mass is 28.2. The molecule has 0 spiro atoms. The molecule has 0 saturated heterocycles. The summed E-state index contributed by atoms with van der Waals surface area (Å²) >= 11 is 0. The van der Waals surface area contributed by atoms with Crippen molar-refractivity contribution in [1.82, 2.24) is 0 Å². The van der Waals surface area contributed by atoms with Crippen LogP contribution in [0.25, 0.3) is 0 Å². The Morgan fingerprint density at radius 1 is 0.556 bits per heavy atom. The molecule has 0 aromatic heterocycles. The van der Waals surface area contributed by atoms with Gasteiger partial charge in [0.2, 0.25) is 0 Å².